The fraction of sp³-hybridized carbons (Fsp3) is 0.538. The first-order valence-corrected chi connectivity index (χ1v) is 6.95. The summed E-state index contributed by atoms with van der Waals surface area (Å²) in [5, 5.41) is 2.99. The van der Waals surface area contributed by atoms with Gasteiger partial charge in [-0.3, -0.25) is 4.79 Å². The number of rotatable bonds is 3. The van der Waals surface area contributed by atoms with Gasteiger partial charge in [0.05, 0.1) is 5.56 Å². The van der Waals surface area contributed by atoms with Gasteiger partial charge in [0.25, 0.3) is 5.91 Å². The minimum absolute atomic E-state index is 0.0180. The van der Waals surface area contributed by atoms with Gasteiger partial charge in [-0.25, -0.2) is 4.98 Å². The van der Waals surface area contributed by atoms with Crippen LogP contribution in [0.2, 0.25) is 0 Å². The number of hydrogen-bond donors (Lipinski definition) is 1. The highest BCUT2D eigenvalue weighted by atomic mass is 79.9. The molecule has 0 spiro atoms. The van der Waals surface area contributed by atoms with E-state index in [2.05, 4.69) is 26.2 Å². The van der Waals surface area contributed by atoms with E-state index in [1.165, 1.54) is 32.1 Å². The van der Waals surface area contributed by atoms with Crippen LogP contribution in [-0.4, -0.2) is 17.4 Å². The molecular weight excluding hydrogens is 280 g/mol. The van der Waals surface area contributed by atoms with Crippen LogP contribution in [0.15, 0.2) is 22.9 Å². The van der Waals surface area contributed by atoms with Crippen molar-refractivity contribution in [3.63, 3.8) is 0 Å². The van der Waals surface area contributed by atoms with Crippen LogP contribution in [0.25, 0.3) is 0 Å². The van der Waals surface area contributed by atoms with Crippen LogP contribution in [0.1, 0.15) is 42.5 Å². The lowest BCUT2D eigenvalue weighted by molar-refractivity contribution is 0.0943. The second-order valence-corrected chi connectivity index (χ2v) is 5.40. The summed E-state index contributed by atoms with van der Waals surface area (Å²) >= 11 is 3.25. The van der Waals surface area contributed by atoms with Gasteiger partial charge in [0.1, 0.15) is 4.60 Å². The molecular formula is C13H17BrN2O. The molecule has 1 amide bonds. The number of halogens is 1. The van der Waals surface area contributed by atoms with Crippen LogP contribution in [0.4, 0.5) is 0 Å². The summed E-state index contributed by atoms with van der Waals surface area (Å²) in [6, 6.07) is 3.57. The van der Waals surface area contributed by atoms with E-state index in [0.29, 0.717) is 11.5 Å². The lowest BCUT2D eigenvalue weighted by Crippen LogP contribution is -2.30. The minimum Gasteiger partial charge on any atom is -0.352 e. The number of carbonyl (C=O) groups is 1. The highest BCUT2D eigenvalue weighted by molar-refractivity contribution is 9.10. The maximum Gasteiger partial charge on any atom is 0.252 e. The highest BCUT2D eigenvalue weighted by Gasteiger charge is 2.14. The van der Waals surface area contributed by atoms with E-state index < -0.39 is 0 Å². The van der Waals surface area contributed by atoms with Crippen molar-refractivity contribution in [3.8, 4) is 0 Å². The first-order valence-electron chi connectivity index (χ1n) is 6.15. The molecule has 0 radical (unpaired) electrons. The van der Waals surface area contributed by atoms with Gasteiger partial charge in [0.2, 0.25) is 0 Å². The minimum atomic E-state index is -0.0180. The molecule has 1 aliphatic carbocycles. The van der Waals surface area contributed by atoms with Crippen LogP contribution in [0, 0.1) is 5.92 Å². The molecule has 17 heavy (non-hydrogen) atoms. The normalized spacial score (nSPS) is 16.8. The van der Waals surface area contributed by atoms with Crippen molar-refractivity contribution in [2.75, 3.05) is 6.54 Å². The maximum absolute atomic E-state index is 11.8. The molecule has 92 valence electrons. The van der Waals surface area contributed by atoms with Crippen LogP contribution in [0.3, 0.4) is 0 Å². The molecule has 0 atom stereocenters. The summed E-state index contributed by atoms with van der Waals surface area (Å²) in [7, 11) is 0. The zero-order valence-corrected chi connectivity index (χ0v) is 11.4. The zero-order valence-electron chi connectivity index (χ0n) is 9.79. The van der Waals surface area contributed by atoms with Gasteiger partial charge in [-0.05, 0) is 46.8 Å². The number of aromatic nitrogens is 1. The molecule has 1 N–H and O–H groups in total. The van der Waals surface area contributed by atoms with Crippen LogP contribution in [0.5, 0.6) is 0 Å². The average Bonchev–Trinajstić information content (AvgIpc) is 2.38. The molecule has 0 bridgehead atoms. The highest BCUT2D eigenvalue weighted by Crippen LogP contribution is 2.22. The molecule has 3 nitrogen and oxygen atoms in total. The molecule has 2 rings (SSSR count). The van der Waals surface area contributed by atoms with Crippen LogP contribution in [-0.2, 0) is 0 Å². The number of pyridine rings is 1. The van der Waals surface area contributed by atoms with Gasteiger partial charge in [-0.2, -0.15) is 0 Å². The van der Waals surface area contributed by atoms with E-state index in [4.69, 9.17) is 0 Å². The second-order valence-electron chi connectivity index (χ2n) is 4.58. The number of amides is 1. The van der Waals surface area contributed by atoms with Gasteiger partial charge in [-0.1, -0.05) is 19.3 Å². The molecule has 1 fully saturated rings. The van der Waals surface area contributed by atoms with E-state index in [1.807, 2.05) is 0 Å². The lowest BCUT2D eigenvalue weighted by atomic mass is 9.89. The molecule has 0 unspecified atom stereocenters. The third kappa shape index (κ3) is 3.80. The number of hydrogen-bond acceptors (Lipinski definition) is 2. The molecule has 1 aromatic rings. The van der Waals surface area contributed by atoms with Crippen molar-refractivity contribution >= 4 is 21.8 Å². The Kier molecular flexibility index (Phi) is 4.54. The quantitative estimate of drug-likeness (QED) is 0.871. The summed E-state index contributed by atoms with van der Waals surface area (Å²) in [6.07, 6.45) is 8.06. The SMILES string of the molecule is O=C(NCC1CCCCC1)c1ccc(Br)nc1. The topological polar surface area (TPSA) is 42.0 Å². The van der Waals surface area contributed by atoms with Gasteiger partial charge in [0, 0.05) is 12.7 Å². The van der Waals surface area contributed by atoms with Gasteiger partial charge in [0.15, 0.2) is 0 Å². The van der Waals surface area contributed by atoms with Gasteiger partial charge >= 0.3 is 0 Å². The largest absolute Gasteiger partial charge is 0.352 e. The van der Waals surface area contributed by atoms with Crippen LogP contribution < -0.4 is 5.32 Å². The summed E-state index contributed by atoms with van der Waals surface area (Å²) in [5.41, 5.74) is 0.629. The van der Waals surface area contributed by atoms with E-state index >= 15 is 0 Å². The summed E-state index contributed by atoms with van der Waals surface area (Å²) in [4.78, 5) is 15.9. The Morgan fingerprint density at radius 2 is 2.12 bits per heavy atom. The first kappa shape index (κ1) is 12.6. The Labute approximate surface area is 110 Å². The van der Waals surface area contributed by atoms with Gasteiger partial charge < -0.3 is 5.32 Å². The number of nitrogens with zero attached hydrogens (tertiary/aromatic N) is 1. The maximum atomic E-state index is 11.8. The molecule has 0 aliphatic heterocycles. The summed E-state index contributed by atoms with van der Waals surface area (Å²) in [5.74, 6) is 0.645. The summed E-state index contributed by atoms with van der Waals surface area (Å²) in [6.45, 7) is 0.800. The predicted molar refractivity (Wildman–Crippen MR) is 70.8 cm³/mol. The van der Waals surface area contributed by atoms with E-state index in [9.17, 15) is 4.79 Å². The number of nitrogens with one attached hydrogen (secondary N) is 1. The van der Waals surface area contributed by atoms with Gasteiger partial charge in [-0.15, -0.1) is 0 Å². The first-order chi connectivity index (χ1) is 8.25. The monoisotopic (exact) mass is 296 g/mol. The number of carbonyl (C=O) groups excluding carboxylic acids is 1. The molecule has 0 saturated heterocycles. The molecule has 1 aliphatic rings. The fourth-order valence-corrected chi connectivity index (χ4v) is 2.48. The molecule has 4 heteroatoms. The zero-order chi connectivity index (χ0) is 12.1. The fourth-order valence-electron chi connectivity index (χ4n) is 2.24. The molecule has 1 aromatic heterocycles. The van der Waals surface area contributed by atoms with Crippen LogP contribution >= 0.6 is 15.9 Å². The third-order valence-electron chi connectivity index (χ3n) is 3.27. The molecule has 1 heterocycles. The smallest absolute Gasteiger partial charge is 0.252 e. The molecule has 0 aromatic carbocycles. The lowest BCUT2D eigenvalue weighted by Gasteiger charge is -2.21. The molecule has 1 saturated carbocycles. The second kappa shape index (κ2) is 6.15. The van der Waals surface area contributed by atoms with Crippen molar-refractivity contribution < 1.29 is 4.79 Å². The Bertz CT molecular complexity index is 372. The average molecular weight is 297 g/mol. The predicted octanol–water partition coefficient (Wildman–Crippen LogP) is 3.15. The van der Waals surface area contributed by atoms with E-state index in [0.717, 1.165) is 11.1 Å². The Morgan fingerprint density at radius 1 is 1.35 bits per heavy atom. The van der Waals surface area contributed by atoms with Crippen molar-refractivity contribution in [3.05, 3.63) is 28.5 Å². The van der Waals surface area contributed by atoms with Crippen molar-refractivity contribution in [1.29, 1.82) is 0 Å². The Morgan fingerprint density at radius 3 is 2.76 bits per heavy atom. The third-order valence-corrected chi connectivity index (χ3v) is 3.73. The standard InChI is InChI=1S/C13H17BrN2O/c14-12-7-6-11(9-15-12)13(17)16-8-10-4-2-1-3-5-10/h6-7,9-10H,1-5,8H2,(H,16,17). The summed E-state index contributed by atoms with van der Waals surface area (Å²) < 4.78 is 0.751. The Balaban J connectivity index is 1.82. The van der Waals surface area contributed by atoms with E-state index in [-0.39, 0.29) is 5.91 Å². The van der Waals surface area contributed by atoms with E-state index in [1.54, 1.807) is 18.3 Å². The van der Waals surface area contributed by atoms with Crippen molar-refractivity contribution in [1.82, 2.24) is 10.3 Å². The Hall–Kier alpha value is -0.900. The van der Waals surface area contributed by atoms with Crippen molar-refractivity contribution in [2.24, 2.45) is 5.92 Å². The van der Waals surface area contributed by atoms with Crippen molar-refractivity contribution in [2.45, 2.75) is 32.1 Å².